The molecule has 0 spiro atoms. The molecule has 0 saturated carbocycles. The fourth-order valence-electron chi connectivity index (χ4n) is 1.96. The van der Waals surface area contributed by atoms with Crippen LogP contribution in [0.4, 0.5) is 0 Å². The lowest BCUT2D eigenvalue weighted by atomic mass is 10.1. The summed E-state index contributed by atoms with van der Waals surface area (Å²) in [7, 11) is -3.58. The Balaban J connectivity index is 2.11. The van der Waals surface area contributed by atoms with Crippen LogP contribution < -0.4 is 10.3 Å². The topological polar surface area (TPSA) is 88.3 Å². The van der Waals surface area contributed by atoms with E-state index in [9.17, 15) is 13.2 Å². The summed E-state index contributed by atoms with van der Waals surface area (Å²) in [5.74, 6) is 0. The lowest BCUT2D eigenvalue weighted by Gasteiger charge is -2.27. The molecule has 0 bridgehead atoms. The van der Waals surface area contributed by atoms with E-state index >= 15 is 0 Å². The van der Waals surface area contributed by atoms with Crippen LogP contribution in [-0.4, -0.2) is 32.2 Å². The van der Waals surface area contributed by atoms with Crippen molar-refractivity contribution in [2.45, 2.75) is 36.8 Å². The molecule has 18 heavy (non-hydrogen) atoms. The Morgan fingerprint density at radius 2 is 2.22 bits per heavy atom. The zero-order chi connectivity index (χ0) is 13.2. The van der Waals surface area contributed by atoms with Gasteiger partial charge in [-0.1, -0.05) is 0 Å². The molecule has 6 nitrogen and oxygen atoms in total. The van der Waals surface area contributed by atoms with Gasteiger partial charge in [0.05, 0.1) is 11.0 Å². The fraction of sp³-hybridized carbons (Fsp3) is 0.545. The van der Waals surface area contributed by atoms with E-state index in [1.165, 1.54) is 18.3 Å². The molecule has 100 valence electrons. The van der Waals surface area contributed by atoms with Gasteiger partial charge < -0.3 is 9.72 Å². The molecule has 0 radical (unpaired) electrons. The molecular weight excluding hydrogens is 256 g/mol. The van der Waals surface area contributed by atoms with Crippen molar-refractivity contribution in [3.05, 3.63) is 28.7 Å². The van der Waals surface area contributed by atoms with Crippen molar-refractivity contribution in [2.75, 3.05) is 6.61 Å². The summed E-state index contributed by atoms with van der Waals surface area (Å²) in [5, 5.41) is 0. The molecule has 1 saturated heterocycles. The molecule has 2 unspecified atom stereocenters. The van der Waals surface area contributed by atoms with E-state index < -0.39 is 10.0 Å². The molecule has 0 aromatic carbocycles. The zero-order valence-electron chi connectivity index (χ0n) is 10.0. The zero-order valence-corrected chi connectivity index (χ0v) is 10.9. The van der Waals surface area contributed by atoms with Gasteiger partial charge in [0.1, 0.15) is 0 Å². The first kappa shape index (κ1) is 13.3. The predicted octanol–water partition coefficient (Wildman–Crippen LogP) is 0.221. The number of pyridine rings is 1. The highest BCUT2D eigenvalue weighted by Crippen LogP contribution is 2.16. The molecule has 1 fully saturated rings. The number of aromatic nitrogens is 1. The molecule has 1 aromatic rings. The summed E-state index contributed by atoms with van der Waals surface area (Å²) in [5.41, 5.74) is -0.325. The molecule has 2 atom stereocenters. The van der Waals surface area contributed by atoms with Gasteiger partial charge in [-0.3, -0.25) is 4.79 Å². The van der Waals surface area contributed by atoms with Gasteiger partial charge >= 0.3 is 0 Å². The lowest BCUT2D eigenvalue weighted by molar-refractivity contribution is 0.0173. The van der Waals surface area contributed by atoms with Crippen LogP contribution >= 0.6 is 0 Å². The first-order valence-electron chi connectivity index (χ1n) is 5.80. The Hall–Kier alpha value is -1.18. The van der Waals surface area contributed by atoms with Crippen molar-refractivity contribution >= 4 is 10.0 Å². The van der Waals surface area contributed by atoms with E-state index in [0.29, 0.717) is 19.4 Å². The van der Waals surface area contributed by atoms with E-state index in [1.54, 1.807) is 0 Å². The van der Waals surface area contributed by atoms with Gasteiger partial charge in [-0.2, -0.15) is 0 Å². The summed E-state index contributed by atoms with van der Waals surface area (Å²) in [6.07, 6.45) is 2.57. The standard InChI is InChI=1S/C11H16N2O4S/c1-8-6-9(4-5-17-8)13-18(15,16)10-2-3-11(14)12-7-10/h2-3,7-9,13H,4-6H2,1H3,(H,12,14). The van der Waals surface area contributed by atoms with Crippen molar-refractivity contribution in [3.63, 3.8) is 0 Å². The van der Waals surface area contributed by atoms with Gasteiger partial charge in [0, 0.05) is 24.9 Å². The largest absolute Gasteiger partial charge is 0.378 e. The van der Waals surface area contributed by atoms with Crippen LogP contribution in [0.5, 0.6) is 0 Å². The minimum absolute atomic E-state index is 0.0574. The average molecular weight is 272 g/mol. The van der Waals surface area contributed by atoms with E-state index in [2.05, 4.69) is 9.71 Å². The highest BCUT2D eigenvalue weighted by molar-refractivity contribution is 7.89. The number of sulfonamides is 1. The van der Waals surface area contributed by atoms with Crippen molar-refractivity contribution in [2.24, 2.45) is 0 Å². The third-order valence-corrected chi connectivity index (χ3v) is 4.39. The molecular formula is C11H16N2O4S. The summed E-state index contributed by atoms with van der Waals surface area (Å²) in [6, 6.07) is 2.37. The first-order valence-corrected chi connectivity index (χ1v) is 7.28. The maximum Gasteiger partial charge on any atom is 0.247 e. The maximum atomic E-state index is 12.0. The van der Waals surface area contributed by atoms with E-state index in [4.69, 9.17) is 4.74 Å². The Bertz CT molecular complexity index is 546. The lowest BCUT2D eigenvalue weighted by Crippen LogP contribution is -2.41. The molecule has 1 aliphatic rings. The summed E-state index contributed by atoms with van der Waals surface area (Å²) >= 11 is 0. The average Bonchev–Trinajstić information content (AvgIpc) is 2.29. The van der Waals surface area contributed by atoms with Crippen molar-refractivity contribution < 1.29 is 13.2 Å². The predicted molar refractivity (Wildman–Crippen MR) is 65.8 cm³/mol. The highest BCUT2D eigenvalue weighted by atomic mass is 32.2. The molecule has 7 heteroatoms. The number of nitrogens with one attached hydrogen (secondary N) is 2. The van der Waals surface area contributed by atoms with Gasteiger partial charge in [0.25, 0.3) is 0 Å². The number of rotatable bonds is 3. The van der Waals surface area contributed by atoms with Gasteiger partial charge in [-0.25, -0.2) is 13.1 Å². The first-order chi connectivity index (χ1) is 8.47. The van der Waals surface area contributed by atoms with Gasteiger partial charge in [0.2, 0.25) is 15.6 Å². The second-order valence-corrected chi connectivity index (χ2v) is 6.13. The molecule has 1 aromatic heterocycles. The van der Waals surface area contributed by atoms with Gasteiger partial charge in [0.15, 0.2) is 0 Å². The van der Waals surface area contributed by atoms with Crippen LogP contribution in [0, 0.1) is 0 Å². The molecule has 2 heterocycles. The van der Waals surface area contributed by atoms with Crippen molar-refractivity contribution in [3.8, 4) is 0 Å². The highest BCUT2D eigenvalue weighted by Gasteiger charge is 2.25. The second kappa shape index (κ2) is 5.21. The minimum Gasteiger partial charge on any atom is -0.378 e. The van der Waals surface area contributed by atoms with E-state index in [0.717, 1.165) is 0 Å². The Kier molecular flexibility index (Phi) is 3.84. The number of hydrogen-bond donors (Lipinski definition) is 2. The second-order valence-electron chi connectivity index (χ2n) is 4.41. The van der Waals surface area contributed by atoms with Crippen LogP contribution in [0.15, 0.2) is 28.0 Å². The SMILES string of the molecule is CC1CC(NS(=O)(=O)c2ccc(=O)[nH]c2)CCO1. The normalized spacial score (nSPS) is 24.9. The Labute approximate surface area is 105 Å². The monoisotopic (exact) mass is 272 g/mol. The van der Waals surface area contributed by atoms with Crippen LogP contribution in [0.25, 0.3) is 0 Å². The third-order valence-electron chi connectivity index (χ3n) is 2.87. The maximum absolute atomic E-state index is 12.0. The van der Waals surface area contributed by atoms with E-state index in [-0.39, 0.29) is 22.6 Å². The molecule has 1 aliphatic heterocycles. The van der Waals surface area contributed by atoms with E-state index in [1.807, 2.05) is 6.92 Å². The van der Waals surface area contributed by atoms with Crippen LogP contribution in [0.2, 0.25) is 0 Å². The Morgan fingerprint density at radius 1 is 1.44 bits per heavy atom. The summed E-state index contributed by atoms with van der Waals surface area (Å²) in [6.45, 7) is 2.47. The molecule has 0 amide bonds. The fourth-order valence-corrected chi connectivity index (χ4v) is 3.21. The van der Waals surface area contributed by atoms with Crippen LogP contribution in [0.1, 0.15) is 19.8 Å². The third kappa shape index (κ3) is 3.18. The van der Waals surface area contributed by atoms with Crippen molar-refractivity contribution in [1.82, 2.24) is 9.71 Å². The number of aromatic amines is 1. The smallest absolute Gasteiger partial charge is 0.247 e. The quantitative estimate of drug-likeness (QED) is 0.824. The Morgan fingerprint density at radius 3 is 2.83 bits per heavy atom. The van der Waals surface area contributed by atoms with Crippen LogP contribution in [-0.2, 0) is 14.8 Å². The van der Waals surface area contributed by atoms with Gasteiger partial charge in [-0.15, -0.1) is 0 Å². The summed E-state index contributed by atoms with van der Waals surface area (Å²) in [4.78, 5) is 13.3. The number of H-pyrrole nitrogens is 1. The minimum atomic E-state index is -3.58. The molecule has 0 aliphatic carbocycles. The van der Waals surface area contributed by atoms with Gasteiger partial charge in [-0.05, 0) is 25.8 Å². The number of hydrogen-bond acceptors (Lipinski definition) is 4. The summed E-state index contributed by atoms with van der Waals surface area (Å²) < 4.78 is 32.1. The number of ether oxygens (including phenoxy) is 1. The van der Waals surface area contributed by atoms with Crippen LogP contribution in [0.3, 0.4) is 0 Å². The van der Waals surface area contributed by atoms with Crippen molar-refractivity contribution in [1.29, 1.82) is 0 Å². The molecule has 2 rings (SSSR count). The molecule has 2 N–H and O–H groups in total.